The molecular formula is C17H12N2O4S2. The van der Waals surface area contributed by atoms with E-state index in [0.29, 0.717) is 4.91 Å². The summed E-state index contributed by atoms with van der Waals surface area (Å²) in [5, 5.41) is 19.7. The van der Waals surface area contributed by atoms with Crippen molar-refractivity contribution in [2.75, 3.05) is 0 Å². The lowest BCUT2D eigenvalue weighted by molar-refractivity contribution is -0.123. The maximum atomic E-state index is 12.5. The van der Waals surface area contributed by atoms with Gasteiger partial charge in [0, 0.05) is 5.56 Å². The molecule has 2 aromatic rings. The van der Waals surface area contributed by atoms with Crippen LogP contribution in [0.15, 0.2) is 53.4 Å². The minimum atomic E-state index is -0.557. The number of carbonyl (C=O) groups excluding carboxylic acids is 2. The third kappa shape index (κ3) is 3.81. The van der Waals surface area contributed by atoms with Gasteiger partial charge in [0.25, 0.3) is 11.8 Å². The molecule has 0 atom stereocenters. The number of carbonyl (C=O) groups is 2. The Balaban J connectivity index is 1.77. The number of rotatable bonds is 3. The molecule has 0 bridgehead atoms. The third-order valence-electron chi connectivity index (χ3n) is 3.31. The summed E-state index contributed by atoms with van der Waals surface area (Å²) in [5.41, 5.74) is 3.36. The molecule has 0 spiro atoms. The number of hydrazine groups is 1. The lowest BCUT2D eigenvalue weighted by atomic mass is 10.2. The van der Waals surface area contributed by atoms with Gasteiger partial charge < -0.3 is 10.2 Å². The second kappa shape index (κ2) is 6.96. The molecule has 3 rings (SSSR count). The topological polar surface area (TPSA) is 89.9 Å². The van der Waals surface area contributed by atoms with Crippen molar-refractivity contribution < 1.29 is 19.8 Å². The molecule has 8 heteroatoms. The highest BCUT2D eigenvalue weighted by atomic mass is 32.2. The van der Waals surface area contributed by atoms with Gasteiger partial charge in [-0.1, -0.05) is 30.0 Å². The summed E-state index contributed by atoms with van der Waals surface area (Å²) in [5.74, 6) is -0.928. The van der Waals surface area contributed by atoms with Gasteiger partial charge in [-0.3, -0.25) is 15.0 Å². The second-order valence-corrected chi connectivity index (χ2v) is 6.78. The summed E-state index contributed by atoms with van der Waals surface area (Å²) < 4.78 is 0.198. The molecule has 1 fully saturated rings. The fourth-order valence-electron chi connectivity index (χ4n) is 2.10. The molecular weight excluding hydrogens is 360 g/mol. The molecule has 2 aromatic carbocycles. The molecule has 0 saturated carbocycles. The number of hydrogen-bond acceptors (Lipinski definition) is 6. The molecule has 1 aliphatic rings. The molecule has 0 unspecified atom stereocenters. The van der Waals surface area contributed by atoms with Crippen LogP contribution in [0.4, 0.5) is 0 Å². The van der Waals surface area contributed by atoms with Crippen molar-refractivity contribution in [1.29, 1.82) is 0 Å². The molecule has 0 aliphatic carbocycles. The number of nitrogens with zero attached hydrogens (tertiary/aromatic N) is 1. The van der Waals surface area contributed by atoms with E-state index in [2.05, 4.69) is 5.43 Å². The van der Waals surface area contributed by atoms with E-state index >= 15 is 0 Å². The highest BCUT2D eigenvalue weighted by Gasteiger charge is 2.33. The lowest BCUT2D eigenvalue weighted by Gasteiger charge is -2.15. The maximum Gasteiger partial charge on any atom is 0.285 e. The van der Waals surface area contributed by atoms with Crippen molar-refractivity contribution >= 4 is 46.2 Å². The molecule has 1 aliphatic heterocycles. The van der Waals surface area contributed by atoms with Gasteiger partial charge in [0.15, 0.2) is 4.32 Å². The van der Waals surface area contributed by atoms with Crippen LogP contribution in [0.1, 0.15) is 15.9 Å². The number of phenolic OH excluding ortho intramolecular Hbond substituents is 2. The van der Waals surface area contributed by atoms with Crippen molar-refractivity contribution in [3.8, 4) is 11.5 Å². The van der Waals surface area contributed by atoms with Crippen LogP contribution < -0.4 is 5.43 Å². The van der Waals surface area contributed by atoms with E-state index in [9.17, 15) is 19.8 Å². The maximum absolute atomic E-state index is 12.5. The van der Waals surface area contributed by atoms with E-state index in [1.165, 1.54) is 36.4 Å². The smallest absolute Gasteiger partial charge is 0.285 e. The predicted octanol–water partition coefficient (Wildman–Crippen LogP) is 2.64. The SMILES string of the molecule is O=C(NN1C(=O)C(=Cc2ccc(O)cc2)SC1=S)c1cccc(O)c1. The van der Waals surface area contributed by atoms with E-state index in [0.717, 1.165) is 22.3 Å². The average Bonchev–Trinajstić information content (AvgIpc) is 2.84. The van der Waals surface area contributed by atoms with Crippen molar-refractivity contribution in [2.24, 2.45) is 0 Å². The minimum absolute atomic E-state index is 0.0507. The average molecular weight is 372 g/mol. The van der Waals surface area contributed by atoms with Crippen molar-refractivity contribution in [3.63, 3.8) is 0 Å². The quantitative estimate of drug-likeness (QED) is 0.567. The van der Waals surface area contributed by atoms with Gasteiger partial charge in [0.2, 0.25) is 0 Å². The van der Waals surface area contributed by atoms with Crippen LogP contribution in [0.25, 0.3) is 6.08 Å². The van der Waals surface area contributed by atoms with E-state index in [1.54, 1.807) is 18.2 Å². The second-order valence-electron chi connectivity index (χ2n) is 5.10. The minimum Gasteiger partial charge on any atom is -0.508 e. The number of phenols is 2. The highest BCUT2D eigenvalue weighted by molar-refractivity contribution is 8.26. The first kappa shape index (κ1) is 17.0. The molecule has 6 nitrogen and oxygen atoms in total. The summed E-state index contributed by atoms with van der Waals surface area (Å²) >= 11 is 6.21. The van der Waals surface area contributed by atoms with Crippen molar-refractivity contribution in [1.82, 2.24) is 10.4 Å². The Labute approximate surface area is 152 Å². The third-order valence-corrected chi connectivity index (χ3v) is 4.61. The van der Waals surface area contributed by atoms with E-state index < -0.39 is 11.8 Å². The van der Waals surface area contributed by atoms with Crippen LogP contribution in [0, 0.1) is 0 Å². The number of aromatic hydroxyl groups is 2. The van der Waals surface area contributed by atoms with Gasteiger partial charge in [-0.25, -0.2) is 0 Å². The van der Waals surface area contributed by atoms with Gasteiger partial charge in [-0.05, 0) is 54.2 Å². The summed E-state index contributed by atoms with van der Waals surface area (Å²) in [6.07, 6.45) is 1.62. The Morgan fingerprint density at radius 1 is 1.12 bits per heavy atom. The van der Waals surface area contributed by atoms with Gasteiger partial charge in [0.1, 0.15) is 11.5 Å². The Hall–Kier alpha value is -2.84. The molecule has 1 heterocycles. The number of benzene rings is 2. The summed E-state index contributed by atoms with van der Waals surface area (Å²) in [7, 11) is 0. The number of amides is 2. The number of nitrogens with one attached hydrogen (secondary N) is 1. The molecule has 0 radical (unpaired) electrons. The van der Waals surface area contributed by atoms with E-state index in [-0.39, 0.29) is 21.4 Å². The highest BCUT2D eigenvalue weighted by Crippen LogP contribution is 2.31. The number of hydrogen-bond donors (Lipinski definition) is 3. The zero-order valence-corrected chi connectivity index (χ0v) is 14.3. The number of thiocarbonyl (C=S) groups is 1. The van der Waals surface area contributed by atoms with Crippen LogP contribution in [-0.2, 0) is 4.79 Å². The van der Waals surface area contributed by atoms with Crippen LogP contribution in [0.2, 0.25) is 0 Å². The fraction of sp³-hybridized carbons (Fsp3) is 0. The van der Waals surface area contributed by atoms with Gasteiger partial charge in [-0.15, -0.1) is 0 Å². The largest absolute Gasteiger partial charge is 0.508 e. The lowest BCUT2D eigenvalue weighted by Crippen LogP contribution is -2.44. The van der Waals surface area contributed by atoms with Gasteiger partial charge in [0.05, 0.1) is 4.91 Å². The van der Waals surface area contributed by atoms with Crippen molar-refractivity contribution in [3.05, 3.63) is 64.6 Å². The van der Waals surface area contributed by atoms with E-state index in [1.807, 2.05) is 0 Å². The zero-order valence-electron chi connectivity index (χ0n) is 12.7. The predicted molar refractivity (Wildman–Crippen MR) is 98.7 cm³/mol. The first-order valence-electron chi connectivity index (χ1n) is 7.11. The fourth-order valence-corrected chi connectivity index (χ4v) is 3.28. The summed E-state index contributed by atoms with van der Waals surface area (Å²) in [4.78, 5) is 25.0. The molecule has 0 aromatic heterocycles. The molecule has 25 heavy (non-hydrogen) atoms. The van der Waals surface area contributed by atoms with Crippen LogP contribution >= 0.6 is 24.0 Å². The standard InChI is InChI=1S/C17H12N2O4S2/c20-12-6-4-10(5-7-12)8-14-16(23)19(17(24)25-14)18-15(22)11-2-1-3-13(21)9-11/h1-9,20-21H,(H,18,22). The summed E-state index contributed by atoms with van der Waals surface area (Å²) in [6, 6.07) is 12.1. The first-order valence-corrected chi connectivity index (χ1v) is 8.33. The van der Waals surface area contributed by atoms with Gasteiger partial charge in [-0.2, -0.15) is 5.01 Å². The van der Waals surface area contributed by atoms with Crippen molar-refractivity contribution in [2.45, 2.75) is 0 Å². The monoisotopic (exact) mass is 372 g/mol. The molecule has 2 amide bonds. The Kier molecular flexibility index (Phi) is 4.73. The summed E-state index contributed by atoms with van der Waals surface area (Å²) in [6.45, 7) is 0. The van der Waals surface area contributed by atoms with Crippen LogP contribution in [0.5, 0.6) is 11.5 Å². The first-order chi connectivity index (χ1) is 11.9. The van der Waals surface area contributed by atoms with E-state index in [4.69, 9.17) is 12.2 Å². The number of thioether (sulfide) groups is 1. The normalized spacial score (nSPS) is 15.7. The Morgan fingerprint density at radius 2 is 1.84 bits per heavy atom. The van der Waals surface area contributed by atoms with Crippen LogP contribution in [0.3, 0.4) is 0 Å². The molecule has 126 valence electrons. The van der Waals surface area contributed by atoms with Gasteiger partial charge >= 0.3 is 0 Å². The Bertz CT molecular complexity index is 894. The molecule has 1 saturated heterocycles. The zero-order chi connectivity index (χ0) is 18.0. The molecule has 3 N–H and O–H groups in total. The Morgan fingerprint density at radius 3 is 2.52 bits per heavy atom. The van der Waals surface area contributed by atoms with Crippen LogP contribution in [-0.4, -0.2) is 31.4 Å².